The first-order chi connectivity index (χ1) is 3.71. The molecular formula is C6H12. The maximum Gasteiger partial charge on any atom is 0.0267 e. The smallest absolute Gasteiger partial charge is 0.0267 e. The van der Waals surface area contributed by atoms with E-state index < -0.39 is 6.37 Å². The van der Waals surface area contributed by atoms with Crippen molar-refractivity contribution in [3.63, 3.8) is 0 Å². The minimum Gasteiger partial charge on any atom is -0.0533 e. The first-order valence-corrected chi connectivity index (χ1v) is 2.71. The first-order valence-electron chi connectivity index (χ1n) is 3.71. The van der Waals surface area contributed by atoms with E-state index in [1.165, 1.54) is 6.42 Å². The van der Waals surface area contributed by atoms with Gasteiger partial charge in [0, 0.05) is 2.74 Å². The molecule has 6 heavy (non-hydrogen) atoms. The molecule has 0 N–H and O–H groups in total. The average molecular weight is 86.2 g/mol. The van der Waals surface area contributed by atoms with Gasteiger partial charge < -0.3 is 0 Å². The molecule has 0 aromatic rings. The van der Waals surface area contributed by atoms with Crippen LogP contribution in [0.2, 0.25) is 0 Å². The van der Waals surface area contributed by atoms with Crippen LogP contribution >= 0.6 is 0 Å². The highest BCUT2D eigenvalue weighted by Gasteiger charge is 1.95. The van der Waals surface area contributed by atoms with Crippen LogP contribution in [0.15, 0.2) is 0 Å². The Morgan fingerprint density at radius 2 is 1.33 bits per heavy atom. The Bertz CT molecular complexity index is 70.6. The van der Waals surface area contributed by atoms with Crippen molar-refractivity contribution in [1.29, 1.82) is 0 Å². The van der Waals surface area contributed by atoms with Gasteiger partial charge in [-0.1, -0.05) is 38.5 Å². The summed E-state index contributed by atoms with van der Waals surface area (Å²) < 4.78 is 14.6. The fraction of sp³-hybridized carbons (Fsp3) is 1.00. The second-order valence-electron chi connectivity index (χ2n) is 1.81. The van der Waals surface area contributed by atoms with Crippen molar-refractivity contribution in [3.05, 3.63) is 0 Å². The molecule has 0 nitrogen and oxygen atoms in total. The summed E-state index contributed by atoms with van der Waals surface area (Å²) in [5.74, 6) is 0. The van der Waals surface area contributed by atoms with Crippen LogP contribution < -0.4 is 0 Å². The van der Waals surface area contributed by atoms with Gasteiger partial charge in [0.15, 0.2) is 0 Å². The molecular weight excluding hydrogens is 72.1 g/mol. The zero-order valence-electron chi connectivity index (χ0n) is 6.04. The monoisotopic (exact) mass is 86.1 g/mol. The van der Waals surface area contributed by atoms with Crippen molar-refractivity contribution in [2.24, 2.45) is 0 Å². The Kier molecular flexibility index (Phi) is 0.868. The van der Waals surface area contributed by atoms with Crippen molar-refractivity contribution in [2.45, 2.75) is 38.5 Å². The largest absolute Gasteiger partial charge is 0.0533 e. The van der Waals surface area contributed by atoms with Crippen molar-refractivity contribution >= 4 is 0 Å². The summed E-state index contributed by atoms with van der Waals surface area (Å²) >= 11 is 0. The van der Waals surface area contributed by atoms with Gasteiger partial charge in [0.25, 0.3) is 0 Å². The van der Waals surface area contributed by atoms with Crippen LogP contribution in [0.1, 0.15) is 41.2 Å². The fourth-order valence-electron chi connectivity index (χ4n) is 0.802. The van der Waals surface area contributed by atoms with E-state index in [1.807, 2.05) is 0 Å². The Morgan fingerprint density at radius 1 is 0.833 bits per heavy atom. The summed E-state index contributed by atoms with van der Waals surface area (Å²) in [6.07, 6.45) is 4.16. The van der Waals surface area contributed by atoms with Crippen molar-refractivity contribution < 1.29 is 2.74 Å². The van der Waals surface area contributed by atoms with E-state index in [2.05, 4.69) is 0 Å². The molecule has 0 amide bonds. The molecule has 1 fully saturated rings. The van der Waals surface area contributed by atoms with Gasteiger partial charge in [-0.3, -0.25) is 0 Å². The third kappa shape index (κ3) is 1.00. The molecule has 0 aromatic heterocycles. The lowest BCUT2D eigenvalue weighted by atomic mass is 10.0. The van der Waals surface area contributed by atoms with Crippen LogP contribution in [0.4, 0.5) is 0 Å². The van der Waals surface area contributed by atoms with Crippen LogP contribution in [0.5, 0.6) is 0 Å². The second-order valence-corrected chi connectivity index (χ2v) is 1.81. The van der Waals surface area contributed by atoms with E-state index in [0.717, 1.165) is 25.7 Å². The Labute approximate surface area is 42.4 Å². The summed E-state index contributed by atoms with van der Waals surface area (Å²) in [7, 11) is 0. The van der Waals surface area contributed by atoms with E-state index in [-0.39, 0.29) is 0 Å². The first kappa shape index (κ1) is 2.34. The molecule has 0 heteroatoms. The zero-order valence-corrected chi connectivity index (χ0v) is 4.04. The molecule has 0 spiro atoms. The van der Waals surface area contributed by atoms with Crippen molar-refractivity contribution in [3.8, 4) is 0 Å². The maximum atomic E-state index is 7.29. The van der Waals surface area contributed by atoms with Gasteiger partial charge in [0.2, 0.25) is 0 Å². The van der Waals surface area contributed by atoms with Gasteiger partial charge in [0.05, 0.1) is 0 Å². The van der Waals surface area contributed by atoms with E-state index in [1.54, 1.807) is 0 Å². The molecule has 36 valence electrons. The van der Waals surface area contributed by atoms with Gasteiger partial charge in [-0.2, -0.15) is 0 Å². The Morgan fingerprint density at radius 3 is 1.67 bits per heavy atom. The van der Waals surface area contributed by atoms with E-state index in [0.29, 0.717) is 0 Å². The number of rotatable bonds is 0. The molecule has 0 atom stereocenters. The highest BCUT2D eigenvalue weighted by atomic mass is 14.0. The summed E-state index contributed by atoms with van der Waals surface area (Å²) in [5, 5.41) is 0. The van der Waals surface area contributed by atoms with Gasteiger partial charge in [0.1, 0.15) is 0 Å². The zero-order chi connectivity index (χ0) is 6.04. The quantitative estimate of drug-likeness (QED) is 0.424. The molecule has 1 rings (SSSR count). The van der Waals surface area contributed by atoms with E-state index >= 15 is 0 Å². The topological polar surface area (TPSA) is 0 Å². The molecule has 0 aliphatic heterocycles. The summed E-state index contributed by atoms with van der Waals surface area (Å²) in [6, 6.07) is 0. The summed E-state index contributed by atoms with van der Waals surface area (Å²) in [6.45, 7) is 0. The molecule has 0 radical (unpaired) electrons. The highest BCUT2D eigenvalue weighted by Crippen LogP contribution is 2.15. The van der Waals surface area contributed by atoms with Gasteiger partial charge in [-0.05, 0) is 0 Å². The van der Waals surface area contributed by atoms with Crippen LogP contribution in [0.3, 0.4) is 0 Å². The molecule has 1 aliphatic rings. The Balaban J connectivity index is 2.33. The molecule has 0 heterocycles. The molecule has 1 aliphatic carbocycles. The third-order valence-electron chi connectivity index (χ3n) is 1.21. The predicted octanol–water partition coefficient (Wildman–Crippen LogP) is 2.34. The van der Waals surface area contributed by atoms with E-state index in [9.17, 15) is 0 Å². The van der Waals surface area contributed by atoms with Crippen LogP contribution in [0.25, 0.3) is 0 Å². The second kappa shape index (κ2) is 2.22. The highest BCUT2D eigenvalue weighted by molar-refractivity contribution is 4.51. The minimum absolute atomic E-state index is 0.785. The lowest BCUT2D eigenvalue weighted by Crippen LogP contribution is -1.85. The lowest BCUT2D eigenvalue weighted by molar-refractivity contribution is 0.504. The van der Waals surface area contributed by atoms with Crippen LogP contribution in [0, 0.1) is 0 Å². The van der Waals surface area contributed by atoms with Crippen molar-refractivity contribution in [1.82, 2.24) is 0 Å². The normalized spacial score (nSPS) is 37.3. The molecule has 0 aromatic carbocycles. The molecule has 0 bridgehead atoms. The SMILES string of the molecule is [2H]C1([2H])CCCCC1. The fourth-order valence-corrected chi connectivity index (χ4v) is 0.802. The van der Waals surface area contributed by atoms with Gasteiger partial charge in [-0.15, -0.1) is 0 Å². The summed E-state index contributed by atoms with van der Waals surface area (Å²) in [4.78, 5) is 0. The molecule has 0 saturated heterocycles. The molecule has 0 unspecified atom stereocenters. The van der Waals surface area contributed by atoms with E-state index in [4.69, 9.17) is 2.74 Å². The van der Waals surface area contributed by atoms with Gasteiger partial charge >= 0.3 is 0 Å². The maximum absolute atomic E-state index is 7.29. The number of hydrogen-bond donors (Lipinski definition) is 0. The predicted molar refractivity (Wildman–Crippen MR) is 27.7 cm³/mol. The third-order valence-corrected chi connectivity index (χ3v) is 1.21. The number of hydrogen-bond acceptors (Lipinski definition) is 0. The lowest BCUT2D eigenvalue weighted by Gasteiger charge is -2.05. The van der Waals surface area contributed by atoms with Crippen LogP contribution in [-0.2, 0) is 0 Å². The minimum atomic E-state index is -0.821. The average Bonchev–Trinajstić information content (AvgIpc) is 1.65. The standard InChI is InChI=1S/C6H12/c1-2-4-6-5-3-1/h1-6H2/i1D2. The molecule has 1 saturated carbocycles. The van der Waals surface area contributed by atoms with Crippen LogP contribution in [-0.4, -0.2) is 0 Å². The Hall–Kier alpha value is 0. The van der Waals surface area contributed by atoms with Crippen molar-refractivity contribution in [2.75, 3.05) is 0 Å². The summed E-state index contributed by atoms with van der Waals surface area (Å²) in [5.41, 5.74) is 0. The van der Waals surface area contributed by atoms with Gasteiger partial charge in [-0.25, -0.2) is 0 Å².